The zero-order valence-electron chi connectivity index (χ0n) is 17.8. The van der Waals surface area contributed by atoms with Crippen LogP contribution in [0.5, 0.6) is 0 Å². The zero-order valence-corrected chi connectivity index (χ0v) is 18.6. The van der Waals surface area contributed by atoms with E-state index in [0.29, 0.717) is 28.5 Å². The van der Waals surface area contributed by atoms with E-state index >= 15 is 0 Å². The third-order valence-electron chi connectivity index (χ3n) is 5.92. The van der Waals surface area contributed by atoms with E-state index in [0.717, 1.165) is 50.2 Å². The first-order valence-corrected chi connectivity index (χ1v) is 11.2. The van der Waals surface area contributed by atoms with Gasteiger partial charge >= 0.3 is 5.69 Å². The van der Waals surface area contributed by atoms with Gasteiger partial charge in [0.1, 0.15) is 11.4 Å². The van der Waals surface area contributed by atoms with Crippen molar-refractivity contribution in [3.63, 3.8) is 0 Å². The molecule has 10 heteroatoms. The molecule has 1 saturated heterocycles. The maximum absolute atomic E-state index is 12.1. The molecule has 1 aliphatic heterocycles. The van der Waals surface area contributed by atoms with Crippen molar-refractivity contribution in [1.82, 2.24) is 10.3 Å². The quantitative estimate of drug-likeness (QED) is 0.247. The van der Waals surface area contributed by atoms with Gasteiger partial charge in [-0.3, -0.25) is 10.1 Å². The summed E-state index contributed by atoms with van der Waals surface area (Å²) in [6.07, 6.45) is 5.80. The molecule has 5 rings (SSSR count). The molecule has 0 atom stereocenters. The van der Waals surface area contributed by atoms with Crippen molar-refractivity contribution in [2.75, 3.05) is 22.9 Å². The SMILES string of the molecule is O=[N+]([O-])c1c(N2CCCCCC2)cc(N(Cc2ccco2)c2ccc(Cl)cc2)c2nonc12. The van der Waals surface area contributed by atoms with Crippen LogP contribution in [0.15, 0.2) is 57.8 Å². The molecule has 2 aromatic heterocycles. The molecular weight excluding hydrogens is 446 g/mol. The lowest BCUT2D eigenvalue weighted by Crippen LogP contribution is -2.25. The van der Waals surface area contributed by atoms with Gasteiger partial charge in [-0.1, -0.05) is 24.4 Å². The van der Waals surface area contributed by atoms with Crippen LogP contribution < -0.4 is 9.80 Å². The first kappa shape index (κ1) is 21.3. The van der Waals surface area contributed by atoms with Crippen molar-refractivity contribution >= 4 is 45.4 Å². The van der Waals surface area contributed by atoms with Gasteiger partial charge < -0.3 is 14.2 Å². The first-order valence-electron chi connectivity index (χ1n) is 10.9. The Hall–Kier alpha value is -3.59. The highest BCUT2D eigenvalue weighted by atomic mass is 35.5. The zero-order chi connectivity index (χ0) is 22.8. The number of nitro benzene ring substituents is 1. The molecule has 0 radical (unpaired) electrons. The standard InChI is InChI=1S/C23H22ClN5O4/c24-16-7-9-17(10-8-16)28(15-18-6-5-13-32-18)19-14-20(27-11-3-1-2-4-12-27)23(29(30)31)22-21(19)25-33-26-22/h5-10,13-14H,1-4,11-12,15H2. The molecule has 2 aromatic carbocycles. The molecule has 0 aliphatic carbocycles. The van der Waals surface area contributed by atoms with Crippen molar-refractivity contribution in [2.45, 2.75) is 32.2 Å². The summed E-state index contributed by atoms with van der Waals surface area (Å²) in [6, 6.07) is 12.9. The second-order valence-electron chi connectivity index (χ2n) is 8.03. The molecule has 170 valence electrons. The lowest BCUT2D eigenvalue weighted by molar-refractivity contribution is -0.382. The molecular formula is C23H22ClN5O4. The van der Waals surface area contributed by atoms with Gasteiger partial charge in [0.2, 0.25) is 5.52 Å². The summed E-state index contributed by atoms with van der Waals surface area (Å²) in [7, 11) is 0. The number of nitrogens with zero attached hydrogens (tertiary/aromatic N) is 5. The highest BCUT2D eigenvalue weighted by Gasteiger charge is 2.31. The van der Waals surface area contributed by atoms with Crippen LogP contribution >= 0.6 is 11.6 Å². The average Bonchev–Trinajstić information content (AvgIpc) is 3.43. The Balaban J connectivity index is 1.71. The topological polar surface area (TPSA) is 102 Å². The Labute approximate surface area is 194 Å². The monoisotopic (exact) mass is 467 g/mol. The van der Waals surface area contributed by atoms with Gasteiger partial charge in [-0.2, -0.15) is 0 Å². The van der Waals surface area contributed by atoms with Crippen molar-refractivity contribution < 1.29 is 14.0 Å². The lowest BCUT2D eigenvalue weighted by Gasteiger charge is -2.27. The number of aromatic nitrogens is 2. The van der Waals surface area contributed by atoms with Gasteiger partial charge in [0.05, 0.1) is 23.4 Å². The summed E-state index contributed by atoms with van der Waals surface area (Å²) in [4.78, 5) is 15.8. The summed E-state index contributed by atoms with van der Waals surface area (Å²) in [5.41, 5.74) is 2.38. The Bertz CT molecular complexity index is 1250. The van der Waals surface area contributed by atoms with Crippen molar-refractivity contribution in [1.29, 1.82) is 0 Å². The fourth-order valence-corrected chi connectivity index (χ4v) is 4.46. The second-order valence-corrected chi connectivity index (χ2v) is 8.46. The number of hydrogen-bond donors (Lipinski definition) is 0. The van der Waals surface area contributed by atoms with Crippen molar-refractivity contribution in [2.24, 2.45) is 0 Å². The van der Waals surface area contributed by atoms with Crippen LogP contribution in [0.25, 0.3) is 11.0 Å². The molecule has 33 heavy (non-hydrogen) atoms. The van der Waals surface area contributed by atoms with E-state index in [1.165, 1.54) is 0 Å². The minimum absolute atomic E-state index is 0.0778. The molecule has 0 saturated carbocycles. The Morgan fingerprint density at radius 2 is 1.79 bits per heavy atom. The van der Waals surface area contributed by atoms with Crippen LogP contribution in [0.4, 0.5) is 22.7 Å². The lowest BCUT2D eigenvalue weighted by atomic mass is 10.1. The van der Waals surface area contributed by atoms with Crippen LogP contribution in [0, 0.1) is 10.1 Å². The maximum Gasteiger partial charge on any atom is 0.323 e. The van der Waals surface area contributed by atoms with E-state index in [1.807, 2.05) is 35.2 Å². The first-order chi connectivity index (χ1) is 16.1. The number of hydrogen-bond acceptors (Lipinski definition) is 8. The second kappa shape index (κ2) is 9.11. The predicted octanol–water partition coefficient (Wildman–Crippen LogP) is 6.10. The summed E-state index contributed by atoms with van der Waals surface area (Å²) in [6.45, 7) is 1.88. The van der Waals surface area contributed by atoms with E-state index < -0.39 is 4.92 Å². The van der Waals surface area contributed by atoms with Crippen LogP contribution in [0.1, 0.15) is 31.4 Å². The van der Waals surface area contributed by atoms with Gasteiger partial charge in [-0.15, -0.1) is 0 Å². The number of fused-ring (bicyclic) bond motifs is 1. The van der Waals surface area contributed by atoms with Crippen molar-refractivity contribution in [3.05, 3.63) is 69.6 Å². The average molecular weight is 468 g/mol. The normalized spacial score (nSPS) is 14.4. The fourth-order valence-electron chi connectivity index (χ4n) is 4.33. The molecule has 0 N–H and O–H groups in total. The predicted molar refractivity (Wildman–Crippen MR) is 125 cm³/mol. The number of rotatable bonds is 6. The van der Waals surface area contributed by atoms with Crippen LogP contribution in [-0.4, -0.2) is 28.3 Å². The molecule has 9 nitrogen and oxygen atoms in total. The minimum Gasteiger partial charge on any atom is -0.467 e. The summed E-state index contributed by atoms with van der Waals surface area (Å²) < 4.78 is 10.6. The highest BCUT2D eigenvalue weighted by Crippen LogP contribution is 2.43. The van der Waals surface area contributed by atoms with E-state index in [9.17, 15) is 10.1 Å². The van der Waals surface area contributed by atoms with Crippen LogP contribution in [-0.2, 0) is 6.54 Å². The Kier molecular flexibility index (Phi) is 5.87. The maximum atomic E-state index is 12.1. The van der Waals surface area contributed by atoms with Crippen molar-refractivity contribution in [3.8, 4) is 0 Å². The van der Waals surface area contributed by atoms with Crippen LogP contribution in [0.3, 0.4) is 0 Å². The molecule has 1 fully saturated rings. The smallest absolute Gasteiger partial charge is 0.323 e. The van der Waals surface area contributed by atoms with Gasteiger partial charge in [0.15, 0.2) is 5.52 Å². The highest BCUT2D eigenvalue weighted by molar-refractivity contribution is 6.30. The van der Waals surface area contributed by atoms with Gasteiger partial charge in [0, 0.05) is 23.8 Å². The fraction of sp³-hybridized carbons (Fsp3) is 0.304. The third-order valence-corrected chi connectivity index (χ3v) is 6.18. The molecule has 0 amide bonds. The molecule has 0 bridgehead atoms. The largest absolute Gasteiger partial charge is 0.467 e. The number of anilines is 3. The number of nitro groups is 1. The van der Waals surface area contributed by atoms with E-state index in [-0.39, 0.29) is 11.2 Å². The van der Waals surface area contributed by atoms with Gasteiger partial charge in [-0.05, 0) is 65.6 Å². The van der Waals surface area contributed by atoms with Crippen LogP contribution in [0.2, 0.25) is 5.02 Å². The molecule has 1 aliphatic rings. The summed E-state index contributed by atoms with van der Waals surface area (Å²) in [5, 5.41) is 20.7. The molecule has 0 unspecified atom stereocenters. The number of halogens is 1. The van der Waals surface area contributed by atoms with E-state index in [4.69, 9.17) is 20.6 Å². The van der Waals surface area contributed by atoms with E-state index in [1.54, 1.807) is 18.4 Å². The number of benzene rings is 2. The Morgan fingerprint density at radius 3 is 2.45 bits per heavy atom. The Morgan fingerprint density at radius 1 is 1.06 bits per heavy atom. The molecule has 3 heterocycles. The molecule has 0 spiro atoms. The van der Waals surface area contributed by atoms with Gasteiger partial charge in [-0.25, -0.2) is 4.63 Å². The molecule has 4 aromatic rings. The third kappa shape index (κ3) is 4.23. The number of furan rings is 1. The van der Waals surface area contributed by atoms with Gasteiger partial charge in [0.25, 0.3) is 0 Å². The van der Waals surface area contributed by atoms with E-state index in [2.05, 4.69) is 15.2 Å². The summed E-state index contributed by atoms with van der Waals surface area (Å²) in [5.74, 6) is 0.726. The minimum atomic E-state index is -0.393. The summed E-state index contributed by atoms with van der Waals surface area (Å²) >= 11 is 6.12.